The summed E-state index contributed by atoms with van der Waals surface area (Å²) in [6, 6.07) is 8.31. The van der Waals surface area contributed by atoms with Crippen LogP contribution < -0.4 is 10.2 Å². The molecule has 1 N–H and O–H groups in total. The van der Waals surface area contributed by atoms with Crippen molar-refractivity contribution >= 4 is 27.3 Å². The Kier molecular flexibility index (Phi) is 6.72. The average molecular weight is 438 g/mol. The summed E-state index contributed by atoms with van der Waals surface area (Å²) in [5.74, 6) is -2.30. The Morgan fingerprint density at radius 1 is 1.10 bits per heavy atom. The van der Waals surface area contributed by atoms with E-state index in [9.17, 15) is 22.0 Å². The van der Waals surface area contributed by atoms with Gasteiger partial charge in [-0.25, -0.2) is 17.2 Å². The van der Waals surface area contributed by atoms with Gasteiger partial charge in [0.15, 0.2) is 11.6 Å². The summed E-state index contributed by atoms with van der Waals surface area (Å²) < 4.78 is 53.1. The maximum Gasteiger partial charge on any atom is 0.243 e. The van der Waals surface area contributed by atoms with Crippen molar-refractivity contribution in [2.24, 2.45) is 0 Å². The zero-order valence-electron chi connectivity index (χ0n) is 17.0. The van der Waals surface area contributed by atoms with Crippen molar-refractivity contribution in [1.82, 2.24) is 4.31 Å². The van der Waals surface area contributed by atoms with E-state index in [1.54, 1.807) is 18.2 Å². The van der Waals surface area contributed by atoms with E-state index in [1.165, 1.54) is 10.4 Å². The molecule has 0 aliphatic carbocycles. The number of hydrogen-bond donors (Lipinski definition) is 1. The molecule has 1 amide bonds. The third-order valence-corrected chi connectivity index (χ3v) is 7.24. The van der Waals surface area contributed by atoms with Gasteiger partial charge in [-0.2, -0.15) is 4.31 Å². The molecule has 30 heavy (non-hydrogen) atoms. The Morgan fingerprint density at radius 3 is 2.50 bits per heavy atom. The highest BCUT2D eigenvalue weighted by atomic mass is 32.2. The van der Waals surface area contributed by atoms with Crippen LogP contribution in [0.2, 0.25) is 0 Å². The molecular weight excluding hydrogens is 412 g/mol. The van der Waals surface area contributed by atoms with Crippen LogP contribution in [0.15, 0.2) is 41.3 Å². The maximum atomic E-state index is 13.3. The van der Waals surface area contributed by atoms with Crippen LogP contribution in [0.25, 0.3) is 0 Å². The molecule has 0 unspecified atom stereocenters. The molecule has 0 saturated carbocycles. The van der Waals surface area contributed by atoms with Crippen molar-refractivity contribution in [3.8, 4) is 0 Å². The summed E-state index contributed by atoms with van der Waals surface area (Å²) in [6.07, 6.45) is 0.861. The topological polar surface area (TPSA) is 69.7 Å². The van der Waals surface area contributed by atoms with E-state index in [0.717, 1.165) is 23.4 Å². The minimum absolute atomic E-state index is 0.165. The standard InChI is InChI=1S/C21H25F2N3O3S/c1-3-26(4-2)30(28,29)17-6-8-20-15(13-17)9-11-25(20)12-10-21(27)24-16-5-7-18(22)19(23)14-16/h5-8,13-14H,3-4,9-12H2,1-2H3,(H,24,27). The van der Waals surface area contributed by atoms with Gasteiger partial charge in [-0.3, -0.25) is 4.79 Å². The summed E-state index contributed by atoms with van der Waals surface area (Å²) in [4.78, 5) is 14.5. The van der Waals surface area contributed by atoms with Gasteiger partial charge in [-0.1, -0.05) is 13.8 Å². The van der Waals surface area contributed by atoms with E-state index in [0.29, 0.717) is 32.6 Å². The molecule has 0 spiro atoms. The molecule has 1 aliphatic rings. The van der Waals surface area contributed by atoms with Gasteiger partial charge in [0.1, 0.15) is 0 Å². The smallest absolute Gasteiger partial charge is 0.243 e. The number of amides is 1. The zero-order valence-corrected chi connectivity index (χ0v) is 17.8. The normalized spacial score (nSPS) is 13.6. The van der Waals surface area contributed by atoms with Gasteiger partial charge in [0.2, 0.25) is 15.9 Å². The van der Waals surface area contributed by atoms with E-state index in [-0.39, 0.29) is 22.9 Å². The van der Waals surface area contributed by atoms with E-state index >= 15 is 0 Å². The van der Waals surface area contributed by atoms with Gasteiger partial charge in [0.25, 0.3) is 0 Å². The summed E-state index contributed by atoms with van der Waals surface area (Å²) >= 11 is 0. The van der Waals surface area contributed by atoms with E-state index in [1.807, 2.05) is 18.7 Å². The second kappa shape index (κ2) is 9.09. The molecule has 0 radical (unpaired) electrons. The molecule has 0 atom stereocenters. The lowest BCUT2D eigenvalue weighted by molar-refractivity contribution is -0.116. The number of sulfonamides is 1. The molecule has 3 rings (SSSR count). The van der Waals surface area contributed by atoms with Crippen molar-refractivity contribution in [3.63, 3.8) is 0 Å². The molecule has 2 aromatic carbocycles. The SMILES string of the molecule is CCN(CC)S(=O)(=O)c1ccc2c(c1)CCN2CCC(=O)Nc1ccc(F)c(F)c1. The first kappa shape index (κ1) is 22.2. The fourth-order valence-corrected chi connectivity index (χ4v) is 5.09. The summed E-state index contributed by atoms with van der Waals surface area (Å²) in [5, 5.41) is 2.56. The summed E-state index contributed by atoms with van der Waals surface area (Å²) in [5.41, 5.74) is 2.05. The van der Waals surface area contributed by atoms with E-state index in [2.05, 4.69) is 5.32 Å². The van der Waals surface area contributed by atoms with Gasteiger partial charge in [-0.15, -0.1) is 0 Å². The first-order valence-corrected chi connectivity index (χ1v) is 11.3. The number of halogens is 2. The zero-order chi connectivity index (χ0) is 21.9. The fourth-order valence-electron chi connectivity index (χ4n) is 3.59. The molecule has 9 heteroatoms. The highest BCUT2D eigenvalue weighted by Crippen LogP contribution is 2.31. The van der Waals surface area contributed by atoms with Crippen LogP contribution in [0.4, 0.5) is 20.2 Å². The predicted molar refractivity (Wildman–Crippen MR) is 112 cm³/mol. The van der Waals surface area contributed by atoms with E-state index in [4.69, 9.17) is 0 Å². The van der Waals surface area contributed by atoms with Crippen LogP contribution in [0.1, 0.15) is 25.8 Å². The second-order valence-corrected chi connectivity index (χ2v) is 8.98. The number of carbonyl (C=O) groups excluding carboxylic acids is 1. The van der Waals surface area contributed by atoms with Crippen LogP contribution in [-0.2, 0) is 21.2 Å². The maximum absolute atomic E-state index is 13.3. The Bertz CT molecular complexity index is 1040. The minimum Gasteiger partial charge on any atom is -0.370 e. The number of fused-ring (bicyclic) bond motifs is 1. The number of anilines is 2. The van der Waals surface area contributed by atoms with Gasteiger partial charge < -0.3 is 10.2 Å². The van der Waals surface area contributed by atoms with E-state index < -0.39 is 21.7 Å². The monoisotopic (exact) mass is 437 g/mol. The summed E-state index contributed by atoms with van der Waals surface area (Å²) in [6.45, 7) is 5.56. The van der Waals surface area contributed by atoms with Gasteiger partial charge >= 0.3 is 0 Å². The van der Waals surface area contributed by atoms with Crippen molar-refractivity contribution in [2.75, 3.05) is 36.4 Å². The van der Waals surface area contributed by atoms with Crippen LogP contribution in [-0.4, -0.2) is 44.8 Å². The Morgan fingerprint density at radius 2 is 1.83 bits per heavy atom. The van der Waals surface area contributed by atoms with Crippen molar-refractivity contribution in [2.45, 2.75) is 31.6 Å². The first-order chi connectivity index (χ1) is 14.3. The largest absolute Gasteiger partial charge is 0.370 e. The molecular formula is C21H25F2N3O3S. The Labute approximate surface area is 175 Å². The average Bonchev–Trinajstić information content (AvgIpc) is 3.12. The predicted octanol–water partition coefficient (Wildman–Crippen LogP) is 3.39. The highest BCUT2D eigenvalue weighted by Gasteiger charge is 2.26. The number of rotatable bonds is 8. The van der Waals surface area contributed by atoms with Gasteiger partial charge in [0, 0.05) is 50.0 Å². The number of carbonyl (C=O) groups is 1. The number of hydrogen-bond acceptors (Lipinski definition) is 4. The summed E-state index contributed by atoms with van der Waals surface area (Å²) in [7, 11) is -3.51. The van der Waals surface area contributed by atoms with Crippen LogP contribution in [0, 0.1) is 11.6 Å². The Balaban J connectivity index is 1.64. The molecule has 2 aromatic rings. The minimum atomic E-state index is -3.51. The molecule has 162 valence electrons. The van der Waals surface area contributed by atoms with Crippen LogP contribution in [0.5, 0.6) is 0 Å². The number of nitrogens with one attached hydrogen (secondary N) is 1. The molecule has 6 nitrogen and oxygen atoms in total. The highest BCUT2D eigenvalue weighted by molar-refractivity contribution is 7.89. The lowest BCUT2D eigenvalue weighted by atomic mass is 10.2. The molecule has 1 aliphatic heterocycles. The second-order valence-electron chi connectivity index (χ2n) is 7.04. The molecule has 0 aromatic heterocycles. The Hall–Kier alpha value is -2.52. The molecule has 1 heterocycles. The molecule has 0 fully saturated rings. The fraction of sp³-hybridized carbons (Fsp3) is 0.381. The number of nitrogens with zero attached hydrogens (tertiary/aromatic N) is 2. The van der Waals surface area contributed by atoms with Crippen molar-refractivity contribution in [3.05, 3.63) is 53.6 Å². The third-order valence-electron chi connectivity index (χ3n) is 5.20. The lowest BCUT2D eigenvalue weighted by Gasteiger charge is -2.21. The van der Waals surface area contributed by atoms with Crippen molar-refractivity contribution < 1.29 is 22.0 Å². The molecule has 0 saturated heterocycles. The quantitative estimate of drug-likeness (QED) is 0.687. The van der Waals surface area contributed by atoms with Crippen LogP contribution in [0.3, 0.4) is 0 Å². The number of benzene rings is 2. The van der Waals surface area contributed by atoms with Crippen LogP contribution >= 0.6 is 0 Å². The third kappa shape index (κ3) is 4.62. The van der Waals surface area contributed by atoms with Crippen molar-refractivity contribution in [1.29, 1.82) is 0 Å². The lowest BCUT2D eigenvalue weighted by Crippen LogP contribution is -2.30. The van der Waals surface area contributed by atoms with Gasteiger partial charge in [0.05, 0.1) is 4.90 Å². The van der Waals surface area contributed by atoms with Gasteiger partial charge in [-0.05, 0) is 42.3 Å². The molecule has 0 bridgehead atoms. The first-order valence-electron chi connectivity index (χ1n) is 9.89.